The van der Waals surface area contributed by atoms with Crippen LogP contribution in [0.2, 0.25) is 0 Å². The van der Waals surface area contributed by atoms with Crippen molar-refractivity contribution in [1.29, 1.82) is 0 Å². The van der Waals surface area contributed by atoms with E-state index in [1.807, 2.05) is 13.8 Å². The molecule has 0 bridgehead atoms. The van der Waals surface area contributed by atoms with Gasteiger partial charge in [0.2, 0.25) is 11.8 Å². The maximum atomic E-state index is 12.5. The van der Waals surface area contributed by atoms with E-state index in [1.54, 1.807) is 11.8 Å². The van der Waals surface area contributed by atoms with E-state index >= 15 is 0 Å². The quantitative estimate of drug-likeness (QED) is 0.830. The number of carbonyl (C=O) groups is 2. The van der Waals surface area contributed by atoms with E-state index in [-0.39, 0.29) is 17.9 Å². The van der Waals surface area contributed by atoms with Gasteiger partial charge in [-0.05, 0) is 46.0 Å². The molecule has 114 valence electrons. The van der Waals surface area contributed by atoms with Crippen molar-refractivity contribution in [2.75, 3.05) is 13.2 Å². The summed E-state index contributed by atoms with van der Waals surface area (Å²) in [4.78, 5) is 26.3. The lowest BCUT2D eigenvalue weighted by atomic mass is 9.92. The van der Waals surface area contributed by atoms with Crippen molar-refractivity contribution in [1.82, 2.24) is 10.2 Å². The van der Waals surface area contributed by atoms with Crippen molar-refractivity contribution in [3.8, 4) is 0 Å². The Morgan fingerprint density at radius 1 is 1.45 bits per heavy atom. The van der Waals surface area contributed by atoms with Crippen LogP contribution >= 0.6 is 0 Å². The minimum Gasteiger partial charge on any atom is -0.378 e. The van der Waals surface area contributed by atoms with Crippen molar-refractivity contribution in [2.45, 2.75) is 70.6 Å². The third-order valence-electron chi connectivity index (χ3n) is 4.64. The summed E-state index contributed by atoms with van der Waals surface area (Å²) in [5.74, 6) is -0.00879. The number of amides is 2. The molecule has 2 amide bonds. The molecule has 5 nitrogen and oxygen atoms in total. The van der Waals surface area contributed by atoms with Crippen LogP contribution in [-0.2, 0) is 14.3 Å². The normalized spacial score (nSPS) is 34.5. The molecule has 0 radical (unpaired) electrons. The highest BCUT2D eigenvalue weighted by Crippen LogP contribution is 2.23. The second-order valence-electron chi connectivity index (χ2n) is 6.13. The molecule has 5 heteroatoms. The van der Waals surface area contributed by atoms with E-state index in [2.05, 4.69) is 5.32 Å². The number of carbonyl (C=O) groups excluding carboxylic acids is 2. The molecule has 0 aromatic heterocycles. The zero-order valence-corrected chi connectivity index (χ0v) is 12.8. The number of hydrogen-bond donors (Lipinski definition) is 1. The zero-order valence-electron chi connectivity index (χ0n) is 12.8. The summed E-state index contributed by atoms with van der Waals surface area (Å²) >= 11 is 0. The Labute approximate surface area is 121 Å². The maximum absolute atomic E-state index is 12.5. The average molecular weight is 282 g/mol. The van der Waals surface area contributed by atoms with Crippen molar-refractivity contribution in [3.05, 3.63) is 0 Å². The first-order valence-electron chi connectivity index (χ1n) is 7.72. The number of nitrogens with zero attached hydrogens (tertiary/aromatic N) is 1. The van der Waals surface area contributed by atoms with Gasteiger partial charge in [0.25, 0.3) is 0 Å². The van der Waals surface area contributed by atoms with Crippen LogP contribution in [0.3, 0.4) is 0 Å². The summed E-state index contributed by atoms with van der Waals surface area (Å²) in [6, 6.07) is -0.369. The third-order valence-corrected chi connectivity index (χ3v) is 4.64. The monoisotopic (exact) mass is 282 g/mol. The van der Waals surface area contributed by atoms with E-state index < -0.39 is 5.54 Å². The van der Waals surface area contributed by atoms with E-state index in [1.165, 1.54) is 0 Å². The van der Waals surface area contributed by atoms with Gasteiger partial charge in [0, 0.05) is 13.2 Å². The Bertz CT molecular complexity index is 379. The molecule has 0 aromatic carbocycles. The molecule has 2 saturated heterocycles. The lowest BCUT2D eigenvalue weighted by Crippen LogP contribution is -2.68. The molecule has 0 aromatic rings. The second kappa shape index (κ2) is 6.12. The molecule has 0 saturated carbocycles. The predicted octanol–water partition coefficient (Wildman–Crippen LogP) is 1.46. The highest BCUT2D eigenvalue weighted by Gasteiger charge is 2.44. The van der Waals surface area contributed by atoms with Gasteiger partial charge >= 0.3 is 0 Å². The minimum atomic E-state index is -0.743. The van der Waals surface area contributed by atoms with E-state index in [4.69, 9.17) is 4.74 Å². The molecule has 0 spiro atoms. The first-order valence-corrected chi connectivity index (χ1v) is 7.72. The van der Waals surface area contributed by atoms with Crippen LogP contribution < -0.4 is 5.32 Å². The molecule has 2 aliphatic heterocycles. The molecular formula is C15H26N2O3. The fourth-order valence-corrected chi connectivity index (χ4v) is 2.96. The summed E-state index contributed by atoms with van der Waals surface area (Å²) in [6.45, 7) is 7.04. The van der Waals surface area contributed by atoms with Crippen LogP contribution in [0, 0.1) is 0 Å². The van der Waals surface area contributed by atoms with Crippen LogP contribution in [0.1, 0.15) is 52.9 Å². The highest BCUT2D eigenvalue weighted by atomic mass is 16.5. The Morgan fingerprint density at radius 2 is 2.20 bits per heavy atom. The zero-order chi connectivity index (χ0) is 14.8. The number of hydrogen-bond acceptors (Lipinski definition) is 3. The maximum Gasteiger partial charge on any atom is 0.248 e. The predicted molar refractivity (Wildman–Crippen MR) is 76.2 cm³/mol. The van der Waals surface area contributed by atoms with Gasteiger partial charge < -0.3 is 15.0 Å². The first-order chi connectivity index (χ1) is 9.48. The van der Waals surface area contributed by atoms with Crippen molar-refractivity contribution in [3.63, 3.8) is 0 Å². The fraction of sp³-hybridized carbons (Fsp3) is 0.867. The Morgan fingerprint density at radius 3 is 2.80 bits per heavy atom. The lowest BCUT2D eigenvalue weighted by molar-refractivity contribution is -0.153. The SMILES string of the molecule is CCC1(C)NC(=O)C(C)N(CCCC2CCCO2)C1=O. The van der Waals surface area contributed by atoms with E-state index in [0.717, 1.165) is 32.3 Å². The van der Waals surface area contributed by atoms with Crippen molar-refractivity contribution >= 4 is 11.8 Å². The summed E-state index contributed by atoms with van der Waals surface area (Å²) in [7, 11) is 0. The van der Waals surface area contributed by atoms with Crippen LogP contribution in [-0.4, -0.2) is 47.6 Å². The Hall–Kier alpha value is -1.10. The molecule has 2 heterocycles. The molecule has 2 rings (SSSR count). The van der Waals surface area contributed by atoms with E-state index in [9.17, 15) is 9.59 Å². The van der Waals surface area contributed by atoms with Gasteiger partial charge in [-0.1, -0.05) is 6.92 Å². The molecule has 2 fully saturated rings. The van der Waals surface area contributed by atoms with Crippen molar-refractivity contribution < 1.29 is 14.3 Å². The van der Waals surface area contributed by atoms with Gasteiger partial charge in [-0.3, -0.25) is 9.59 Å². The summed E-state index contributed by atoms with van der Waals surface area (Å²) < 4.78 is 5.60. The highest BCUT2D eigenvalue weighted by molar-refractivity contribution is 5.99. The molecular weight excluding hydrogens is 256 g/mol. The molecule has 3 unspecified atom stereocenters. The molecule has 2 aliphatic rings. The van der Waals surface area contributed by atoms with Crippen LogP contribution in [0.4, 0.5) is 0 Å². The molecule has 3 atom stereocenters. The third kappa shape index (κ3) is 2.97. The summed E-state index contributed by atoms with van der Waals surface area (Å²) in [6.07, 6.45) is 5.09. The van der Waals surface area contributed by atoms with Crippen molar-refractivity contribution in [2.24, 2.45) is 0 Å². The average Bonchev–Trinajstić information content (AvgIpc) is 2.93. The Kier molecular flexibility index (Phi) is 4.68. The molecule has 1 N–H and O–H groups in total. The lowest BCUT2D eigenvalue weighted by Gasteiger charge is -2.43. The van der Waals surface area contributed by atoms with Gasteiger partial charge in [-0.2, -0.15) is 0 Å². The van der Waals surface area contributed by atoms with Crippen LogP contribution in [0.15, 0.2) is 0 Å². The molecule has 0 aliphatic carbocycles. The Balaban J connectivity index is 1.92. The van der Waals surface area contributed by atoms with E-state index in [0.29, 0.717) is 19.1 Å². The number of nitrogens with one attached hydrogen (secondary N) is 1. The van der Waals surface area contributed by atoms with Gasteiger partial charge in [0.15, 0.2) is 0 Å². The van der Waals surface area contributed by atoms with Gasteiger partial charge in [0.1, 0.15) is 11.6 Å². The largest absolute Gasteiger partial charge is 0.378 e. The minimum absolute atomic E-state index is 0.0411. The topological polar surface area (TPSA) is 58.6 Å². The first kappa shape index (κ1) is 15.3. The van der Waals surface area contributed by atoms with Gasteiger partial charge in [0.05, 0.1) is 6.10 Å². The summed E-state index contributed by atoms with van der Waals surface area (Å²) in [5.41, 5.74) is -0.743. The van der Waals surface area contributed by atoms with Crippen LogP contribution in [0.5, 0.6) is 0 Å². The van der Waals surface area contributed by atoms with Gasteiger partial charge in [-0.15, -0.1) is 0 Å². The second-order valence-corrected chi connectivity index (χ2v) is 6.13. The summed E-state index contributed by atoms with van der Waals surface area (Å²) in [5, 5.41) is 2.85. The molecule has 20 heavy (non-hydrogen) atoms. The number of ether oxygens (including phenoxy) is 1. The van der Waals surface area contributed by atoms with Gasteiger partial charge in [-0.25, -0.2) is 0 Å². The smallest absolute Gasteiger partial charge is 0.248 e. The number of rotatable bonds is 5. The van der Waals surface area contributed by atoms with Crippen LogP contribution in [0.25, 0.3) is 0 Å². The fourth-order valence-electron chi connectivity index (χ4n) is 2.96. The number of piperazine rings is 1. The standard InChI is InChI=1S/C15H26N2O3/c1-4-15(3)14(19)17(11(2)13(18)16-15)9-5-7-12-8-6-10-20-12/h11-12H,4-10H2,1-3H3,(H,16,18).